The summed E-state index contributed by atoms with van der Waals surface area (Å²) in [5.74, 6) is 0.0599. The van der Waals surface area contributed by atoms with E-state index < -0.39 is 13.9 Å². The Kier molecular flexibility index (Phi) is 4.14. The van der Waals surface area contributed by atoms with Crippen LogP contribution in [-0.4, -0.2) is 19.7 Å². The number of rotatable bonds is 5. The number of carbonyl (C=O) groups is 1. The molecule has 1 rings (SSSR count). The minimum Gasteiger partial charge on any atom is -0.400 e. The maximum absolute atomic E-state index is 12.4. The molecular weight excluding hydrogens is 252 g/mol. The van der Waals surface area contributed by atoms with Crippen molar-refractivity contribution in [3.8, 4) is 0 Å². The van der Waals surface area contributed by atoms with Crippen LogP contribution in [0, 0.1) is 0 Å². The molecule has 0 N–H and O–H groups in total. The molecule has 0 aromatic rings. The van der Waals surface area contributed by atoms with Gasteiger partial charge in [-0.1, -0.05) is 39.5 Å². The molecule has 106 valence electrons. The number of allylic oxidation sites excluding steroid dienone is 1. The van der Waals surface area contributed by atoms with Gasteiger partial charge in [0.25, 0.3) is 0 Å². The Morgan fingerprint density at radius 3 is 2.16 bits per heavy atom. The van der Waals surface area contributed by atoms with E-state index in [1.54, 1.807) is 12.2 Å². The molecule has 0 aromatic heterocycles. The summed E-state index contributed by atoms with van der Waals surface area (Å²) in [6, 6.07) is 0. The largest absolute Gasteiger partial charge is 0.400 e. The lowest BCUT2D eigenvalue weighted by atomic mass is 9.71. The summed E-state index contributed by atoms with van der Waals surface area (Å²) in [6.45, 7) is 20.3. The zero-order chi connectivity index (χ0) is 15.1. The fourth-order valence-electron chi connectivity index (χ4n) is 2.16. The van der Waals surface area contributed by atoms with Crippen molar-refractivity contribution in [2.24, 2.45) is 0 Å². The number of carbonyl (C=O) groups excluding carboxylic acids is 1. The lowest BCUT2D eigenvalue weighted by Crippen LogP contribution is -2.59. The molecule has 1 unspecified atom stereocenters. The molecule has 0 aliphatic heterocycles. The maximum Gasteiger partial charge on any atom is 0.198 e. The van der Waals surface area contributed by atoms with E-state index in [0.717, 1.165) is 5.57 Å². The average Bonchev–Trinajstić information content (AvgIpc) is 2.27. The molecule has 0 radical (unpaired) electrons. The van der Waals surface area contributed by atoms with Crippen molar-refractivity contribution in [2.45, 2.75) is 57.8 Å². The summed E-state index contributed by atoms with van der Waals surface area (Å²) in [7, 11) is -2.01. The van der Waals surface area contributed by atoms with Gasteiger partial charge >= 0.3 is 0 Å². The first-order valence-electron chi connectivity index (χ1n) is 6.73. The van der Waals surface area contributed by atoms with Crippen LogP contribution in [0.15, 0.2) is 36.5 Å². The highest BCUT2D eigenvalue weighted by atomic mass is 28.4. The lowest BCUT2D eigenvalue weighted by molar-refractivity contribution is -0.131. The topological polar surface area (TPSA) is 26.3 Å². The Bertz CT molecular complexity index is 452. The quantitative estimate of drug-likeness (QED) is 0.550. The summed E-state index contributed by atoms with van der Waals surface area (Å²) >= 11 is 0. The summed E-state index contributed by atoms with van der Waals surface area (Å²) < 4.78 is 6.44. The van der Waals surface area contributed by atoms with Crippen LogP contribution in [0.5, 0.6) is 0 Å². The third-order valence-electron chi connectivity index (χ3n) is 4.49. The van der Waals surface area contributed by atoms with E-state index in [9.17, 15) is 4.79 Å². The van der Waals surface area contributed by atoms with E-state index in [0.29, 0.717) is 12.0 Å². The predicted octanol–water partition coefficient (Wildman–Crippen LogP) is 4.41. The number of hydrogen-bond acceptors (Lipinski definition) is 2. The Balaban J connectivity index is 3.20. The molecule has 0 aromatic carbocycles. The van der Waals surface area contributed by atoms with Crippen LogP contribution in [0.25, 0.3) is 0 Å². The molecule has 0 spiro atoms. The standard InChI is InChI=1S/C16H26O2Si/c1-9-11-16(12(3)13(10-2)14(16)17)18-19(7,8)15(4,5)6/h9-10H,1-2,11H2,3-8H3. The molecule has 0 bridgehead atoms. The van der Waals surface area contributed by atoms with E-state index >= 15 is 0 Å². The van der Waals surface area contributed by atoms with Gasteiger partial charge in [-0.3, -0.25) is 4.79 Å². The molecule has 0 saturated heterocycles. The average molecular weight is 278 g/mol. The van der Waals surface area contributed by atoms with Gasteiger partial charge in [-0.2, -0.15) is 0 Å². The van der Waals surface area contributed by atoms with Gasteiger partial charge in [0.15, 0.2) is 14.1 Å². The molecule has 3 heteroatoms. The van der Waals surface area contributed by atoms with Gasteiger partial charge in [-0.25, -0.2) is 0 Å². The highest BCUT2D eigenvalue weighted by molar-refractivity contribution is 6.74. The zero-order valence-corrected chi connectivity index (χ0v) is 14.1. The molecule has 19 heavy (non-hydrogen) atoms. The lowest BCUT2D eigenvalue weighted by Gasteiger charge is -2.49. The maximum atomic E-state index is 12.4. The Morgan fingerprint density at radius 2 is 1.84 bits per heavy atom. The van der Waals surface area contributed by atoms with Crippen molar-refractivity contribution in [1.29, 1.82) is 0 Å². The van der Waals surface area contributed by atoms with Gasteiger partial charge in [0.1, 0.15) is 5.60 Å². The Labute approximate surface area is 118 Å². The zero-order valence-electron chi connectivity index (χ0n) is 13.1. The van der Waals surface area contributed by atoms with Crippen molar-refractivity contribution >= 4 is 14.1 Å². The SMILES string of the molecule is C=CCC1(O[Si](C)(C)C(C)(C)C)C(=O)C(C=C)=C1C. The minimum atomic E-state index is -2.01. The fourth-order valence-corrected chi connectivity index (χ4v) is 3.67. The van der Waals surface area contributed by atoms with Crippen molar-refractivity contribution < 1.29 is 9.22 Å². The van der Waals surface area contributed by atoms with Crippen molar-refractivity contribution in [3.63, 3.8) is 0 Å². The smallest absolute Gasteiger partial charge is 0.198 e. The van der Waals surface area contributed by atoms with Crippen LogP contribution in [0.1, 0.15) is 34.1 Å². The van der Waals surface area contributed by atoms with Crippen LogP contribution in [-0.2, 0) is 9.22 Å². The van der Waals surface area contributed by atoms with Gasteiger partial charge in [0.2, 0.25) is 0 Å². The normalized spacial score (nSPS) is 24.2. The summed E-state index contributed by atoms with van der Waals surface area (Å²) in [5, 5.41) is 0.0751. The Morgan fingerprint density at radius 1 is 1.32 bits per heavy atom. The van der Waals surface area contributed by atoms with Gasteiger partial charge in [0, 0.05) is 12.0 Å². The highest BCUT2D eigenvalue weighted by Crippen LogP contribution is 2.48. The third-order valence-corrected chi connectivity index (χ3v) is 8.96. The first kappa shape index (κ1) is 16.1. The molecule has 2 nitrogen and oxygen atoms in total. The van der Waals surface area contributed by atoms with Crippen molar-refractivity contribution in [3.05, 3.63) is 36.5 Å². The molecule has 1 aliphatic carbocycles. The second-order valence-electron chi connectivity index (χ2n) is 6.75. The predicted molar refractivity (Wildman–Crippen MR) is 83.7 cm³/mol. The van der Waals surface area contributed by atoms with Crippen LogP contribution in [0.4, 0.5) is 0 Å². The molecule has 1 aliphatic rings. The highest BCUT2D eigenvalue weighted by Gasteiger charge is 2.55. The summed E-state index contributed by atoms with van der Waals surface area (Å²) in [6.07, 6.45) is 3.95. The van der Waals surface area contributed by atoms with E-state index in [2.05, 4.69) is 47.0 Å². The Hall–Kier alpha value is -0.933. The third kappa shape index (κ3) is 2.41. The fraction of sp³-hybridized carbons (Fsp3) is 0.562. The second-order valence-corrected chi connectivity index (χ2v) is 11.5. The van der Waals surface area contributed by atoms with Crippen LogP contribution in [0.3, 0.4) is 0 Å². The second kappa shape index (κ2) is 4.87. The molecule has 1 atom stereocenters. The molecule has 0 saturated carbocycles. The van der Waals surface area contributed by atoms with Gasteiger partial charge in [-0.15, -0.1) is 6.58 Å². The summed E-state index contributed by atoms with van der Waals surface area (Å²) in [4.78, 5) is 12.4. The molecule has 0 amide bonds. The first-order chi connectivity index (χ1) is 8.53. The van der Waals surface area contributed by atoms with E-state index in [1.165, 1.54) is 0 Å². The van der Waals surface area contributed by atoms with Crippen LogP contribution >= 0.6 is 0 Å². The van der Waals surface area contributed by atoms with E-state index in [4.69, 9.17) is 4.43 Å². The molecule has 0 fully saturated rings. The number of hydrogen-bond donors (Lipinski definition) is 0. The van der Waals surface area contributed by atoms with Gasteiger partial charge in [0.05, 0.1) is 0 Å². The minimum absolute atomic E-state index is 0.0599. The van der Waals surface area contributed by atoms with Gasteiger partial charge < -0.3 is 4.43 Å². The van der Waals surface area contributed by atoms with Crippen molar-refractivity contribution in [1.82, 2.24) is 0 Å². The molecule has 0 heterocycles. The van der Waals surface area contributed by atoms with Gasteiger partial charge in [-0.05, 0) is 30.6 Å². The first-order valence-corrected chi connectivity index (χ1v) is 9.64. The van der Waals surface area contributed by atoms with E-state index in [-0.39, 0.29) is 10.8 Å². The number of ketones is 1. The monoisotopic (exact) mass is 278 g/mol. The van der Waals surface area contributed by atoms with Crippen LogP contribution < -0.4 is 0 Å². The van der Waals surface area contributed by atoms with Crippen LogP contribution in [0.2, 0.25) is 18.1 Å². The van der Waals surface area contributed by atoms with Crippen molar-refractivity contribution in [2.75, 3.05) is 0 Å². The van der Waals surface area contributed by atoms with E-state index in [1.807, 2.05) is 6.92 Å². The number of Topliss-reactive ketones (excluding diaryl/α,β-unsaturated/α-hetero) is 1. The summed E-state index contributed by atoms with van der Waals surface area (Å²) in [5.41, 5.74) is 0.923. The molecular formula is C16H26O2Si.